The third kappa shape index (κ3) is 2.85. The predicted octanol–water partition coefficient (Wildman–Crippen LogP) is 2.75. The molecule has 1 saturated heterocycles. The molecule has 0 atom stereocenters. The lowest BCUT2D eigenvalue weighted by Crippen LogP contribution is -2.47. The van der Waals surface area contributed by atoms with Gasteiger partial charge in [-0.15, -0.1) is 0 Å². The largest absolute Gasteiger partial charge is 0.310 e. The maximum atomic E-state index is 12.2. The molecule has 1 aliphatic heterocycles. The molecule has 18 heavy (non-hydrogen) atoms. The first kappa shape index (κ1) is 13.4. The van der Waals surface area contributed by atoms with Crippen LogP contribution in [-0.2, 0) is 4.79 Å². The van der Waals surface area contributed by atoms with E-state index in [9.17, 15) is 4.79 Å². The van der Waals surface area contributed by atoms with Crippen LogP contribution in [0.5, 0.6) is 0 Å². The Morgan fingerprint density at radius 3 is 2.83 bits per heavy atom. The molecule has 0 radical (unpaired) electrons. The maximum Gasteiger partial charge on any atom is 0.228 e. The van der Waals surface area contributed by atoms with E-state index in [1.54, 1.807) is 0 Å². The number of benzene rings is 1. The molecule has 3 nitrogen and oxygen atoms in total. The molecule has 1 fully saturated rings. The van der Waals surface area contributed by atoms with Crippen molar-refractivity contribution in [3.63, 3.8) is 0 Å². The number of nitrogens with zero attached hydrogens (tertiary/aromatic N) is 1. The third-order valence-electron chi connectivity index (χ3n) is 3.26. The van der Waals surface area contributed by atoms with Crippen molar-refractivity contribution in [2.45, 2.75) is 32.7 Å². The highest BCUT2D eigenvalue weighted by molar-refractivity contribution is 6.31. The number of hydrogen-bond acceptors (Lipinski definition) is 2. The van der Waals surface area contributed by atoms with Gasteiger partial charge in [0, 0.05) is 35.8 Å². The molecule has 0 unspecified atom stereocenters. The van der Waals surface area contributed by atoms with Gasteiger partial charge in [-0.3, -0.25) is 4.79 Å². The fourth-order valence-electron chi connectivity index (χ4n) is 2.28. The van der Waals surface area contributed by atoms with E-state index in [4.69, 9.17) is 11.6 Å². The summed E-state index contributed by atoms with van der Waals surface area (Å²) in [7, 11) is 0. The van der Waals surface area contributed by atoms with Crippen molar-refractivity contribution in [2.24, 2.45) is 0 Å². The molecule has 0 bridgehead atoms. The highest BCUT2D eigenvalue weighted by atomic mass is 35.5. The standard InChI is InChI=1S/C14H19ClN2O/c1-10-4-5-11(15)8-12(10)17-9-14(2,3)16-7-6-13(17)18/h4-5,8,16H,6-7,9H2,1-3H3. The van der Waals surface area contributed by atoms with Crippen LogP contribution in [0, 0.1) is 6.92 Å². The number of aryl methyl sites for hydroxylation is 1. The summed E-state index contributed by atoms with van der Waals surface area (Å²) in [6, 6.07) is 5.68. The second-order valence-electron chi connectivity index (χ2n) is 5.47. The molecule has 0 aliphatic carbocycles. The van der Waals surface area contributed by atoms with Gasteiger partial charge in [-0.1, -0.05) is 17.7 Å². The maximum absolute atomic E-state index is 12.2. The molecule has 1 aromatic rings. The number of carbonyl (C=O) groups is 1. The van der Waals surface area contributed by atoms with Crippen molar-refractivity contribution < 1.29 is 4.79 Å². The van der Waals surface area contributed by atoms with E-state index in [0.717, 1.165) is 17.8 Å². The number of amides is 1. The van der Waals surface area contributed by atoms with Crippen LogP contribution in [0.25, 0.3) is 0 Å². The number of carbonyl (C=O) groups excluding carboxylic acids is 1. The number of nitrogens with one attached hydrogen (secondary N) is 1. The lowest BCUT2D eigenvalue weighted by atomic mass is 10.0. The summed E-state index contributed by atoms with van der Waals surface area (Å²) in [6.07, 6.45) is 0.523. The number of rotatable bonds is 1. The minimum Gasteiger partial charge on any atom is -0.310 e. The lowest BCUT2D eigenvalue weighted by Gasteiger charge is -2.31. The molecule has 1 heterocycles. The molecular formula is C14H19ClN2O. The van der Waals surface area contributed by atoms with Crippen LogP contribution >= 0.6 is 11.6 Å². The second kappa shape index (κ2) is 4.90. The topological polar surface area (TPSA) is 32.3 Å². The zero-order chi connectivity index (χ0) is 13.3. The Morgan fingerprint density at radius 1 is 1.39 bits per heavy atom. The number of halogens is 1. The van der Waals surface area contributed by atoms with Gasteiger partial charge in [0.2, 0.25) is 5.91 Å². The molecule has 1 amide bonds. The third-order valence-corrected chi connectivity index (χ3v) is 3.49. The van der Waals surface area contributed by atoms with Gasteiger partial charge in [0.05, 0.1) is 0 Å². The summed E-state index contributed by atoms with van der Waals surface area (Å²) in [5.41, 5.74) is 1.91. The Balaban J connectivity index is 2.39. The molecule has 2 rings (SSSR count). The van der Waals surface area contributed by atoms with E-state index in [0.29, 0.717) is 18.0 Å². The molecule has 1 N–H and O–H groups in total. The average Bonchev–Trinajstić information content (AvgIpc) is 2.41. The van der Waals surface area contributed by atoms with Crippen molar-refractivity contribution in [1.82, 2.24) is 5.32 Å². The van der Waals surface area contributed by atoms with Gasteiger partial charge in [0.1, 0.15) is 0 Å². The van der Waals surface area contributed by atoms with Gasteiger partial charge in [-0.05, 0) is 38.5 Å². The summed E-state index contributed by atoms with van der Waals surface area (Å²) < 4.78 is 0. The van der Waals surface area contributed by atoms with Gasteiger partial charge in [0.15, 0.2) is 0 Å². The van der Waals surface area contributed by atoms with Crippen LogP contribution in [0.2, 0.25) is 5.02 Å². The van der Waals surface area contributed by atoms with Crippen molar-refractivity contribution in [3.05, 3.63) is 28.8 Å². The van der Waals surface area contributed by atoms with Crippen LogP contribution in [0.15, 0.2) is 18.2 Å². The first-order valence-electron chi connectivity index (χ1n) is 6.21. The van der Waals surface area contributed by atoms with E-state index < -0.39 is 0 Å². The van der Waals surface area contributed by atoms with E-state index in [1.165, 1.54) is 0 Å². The van der Waals surface area contributed by atoms with E-state index in [-0.39, 0.29) is 11.4 Å². The molecule has 4 heteroatoms. The predicted molar refractivity (Wildman–Crippen MR) is 75.2 cm³/mol. The van der Waals surface area contributed by atoms with Crippen molar-refractivity contribution in [2.75, 3.05) is 18.0 Å². The van der Waals surface area contributed by atoms with E-state index in [1.807, 2.05) is 30.0 Å². The highest BCUT2D eigenvalue weighted by Gasteiger charge is 2.29. The van der Waals surface area contributed by atoms with Gasteiger partial charge in [0.25, 0.3) is 0 Å². The van der Waals surface area contributed by atoms with Crippen molar-refractivity contribution in [1.29, 1.82) is 0 Å². The van der Waals surface area contributed by atoms with Crippen LogP contribution in [0.1, 0.15) is 25.8 Å². The minimum atomic E-state index is -0.0824. The average molecular weight is 267 g/mol. The van der Waals surface area contributed by atoms with E-state index >= 15 is 0 Å². The van der Waals surface area contributed by atoms with Gasteiger partial charge in [-0.25, -0.2) is 0 Å². The van der Waals surface area contributed by atoms with Gasteiger partial charge >= 0.3 is 0 Å². The zero-order valence-corrected chi connectivity index (χ0v) is 11.8. The number of anilines is 1. The Labute approximate surface area is 113 Å². The Morgan fingerprint density at radius 2 is 2.11 bits per heavy atom. The summed E-state index contributed by atoms with van der Waals surface area (Å²) in [4.78, 5) is 14.1. The van der Waals surface area contributed by atoms with Crippen LogP contribution < -0.4 is 10.2 Å². The first-order valence-corrected chi connectivity index (χ1v) is 6.58. The monoisotopic (exact) mass is 266 g/mol. The Hall–Kier alpha value is -1.06. The minimum absolute atomic E-state index is 0.0824. The lowest BCUT2D eigenvalue weighted by molar-refractivity contribution is -0.118. The van der Waals surface area contributed by atoms with Crippen molar-refractivity contribution >= 4 is 23.2 Å². The molecule has 98 valence electrons. The highest BCUT2D eigenvalue weighted by Crippen LogP contribution is 2.27. The fraction of sp³-hybridized carbons (Fsp3) is 0.500. The number of hydrogen-bond donors (Lipinski definition) is 1. The van der Waals surface area contributed by atoms with Crippen molar-refractivity contribution in [3.8, 4) is 0 Å². The molecule has 0 aromatic heterocycles. The SMILES string of the molecule is Cc1ccc(Cl)cc1N1CC(C)(C)NCCC1=O. The first-order chi connectivity index (χ1) is 8.39. The molecule has 1 aromatic carbocycles. The van der Waals surface area contributed by atoms with Gasteiger partial charge in [-0.2, -0.15) is 0 Å². The zero-order valence-electron chi connectivity index (χ0n) is 11.1. The summed E-state index contributed by atoms with van der Waals surface area (Å²) in [5, 5.41) is 4.05. The van der Waals surface area contributed by atoms with E-state index in [2.05, 4.69) is 19.2 Å². The second-order valence-corrected chi connectivity index (χ2v) is 5.91. The quantitative estimate of drug-likeness (QED) is 0.848. The molecule has 0 spiro atoms. The summed E-state index contributed by atoms with van der Waals surface area (Å²) in [5.74, 6) is 0.151. The summed E-state index contributed by atoms with van der Waals surface area (Å²) >= 11 is 6.04. The normalized spacial score (nSPS) is 19.8. The van der Waals surface area contributed by atoms with Crippen LogP contribution in [0.4, 0.5) is 5.69 Å². The molecule has 0 saturated carbocycles. The molecule has 1 aliphatic rings. The van der Waals surface area contributed by atoms with Gasteiger partial charge < -0.3 is 10.2 Å². The Bertz CT molecular complexity index is 471. The smallest absolute Gasteiger partial charge is 0.228 e. The van der Waals surface area contributed by atoms with Crippen LogP contribution in [0.3, 0.4) is 0 Å². The summed E-state index contributed by atoms with van der Waals surface area (Å²) in [6.45, 7) is 7.61. The Kier molecular flexibility index (Phi) is 3.64. The van der Waals surface area contributed by atoms with Crippen LogP contribution in [-0.4, -0.2) is 24.5 Å². The molecular weight excluding hydrogens is 248 g/mol. The fourth-order valence-corrected chi connectivity index (χ4v) is 2.44.